The molecule has 2 heteroatoms. The van der Waals surface area contributed by atoms with E-state index in [-0.39, 0.29) is 10.8 Å². The molecule has 0 spiro atoms. The van der Waals surface area contributed by atoms with Gasteiger partial charge in [-0.2, -0.15) is 0 Å². The van der Waals surface area contributed by atoms with Gasteiger partial charge in [0.15, 0.2) is 0 Å². The van der Waals surface area contributed by atoms with Crippen molar-refractivity contribution in [3.05, 3.63) is 253 Å². The van der Waals surface area contributed by atoms with Crippen LogP contribution < -0.4 is 0 Å². The highest BCUT2D eigenvalue weighted by Crippen LogP contribution is 2.61. The van der Waals surface area contributed by atoms with Gasteiger partial charge < -0.3 is 8.83 Å². The molecule has 74 heavy (non-hydrogen) atoms. The molecule has 11 aromatic carbocycles. The summed E-state index contributed by atoms with van der Waals surface area (Å²) in [4.78, 5) is 0. The van der Waals surface area contributed by atoms with Crippen molar-refractivity contribution in [2.24, 2.45) is 0 Å². The Balaban J connectivity index is 0.973. The molecule has 0 radical (unpaired) electrons. The second-order valence-corrected chi connectivity index (χ2v) is 21.6. The number of rotatable bonds is 6. The predicted octanol–water partition coefficient (Wildman–Crippen LogP) is 20.1. The molecular weight excluding hydrogens is 897 g/mol. The van der Waals surface area contributed by atoms with Gasteiger partial charge in [0.2, 0.25) is 0 Å². The number of fused-ring (bicyclic) bond motifs is 14. The topological polar surface area (TPSA) is 26.3 Å². The second kappa shape index (κ2) is 15.8. The van der Waals surface area contributed by atoms with Crippen molar-refractivity contribution in [2.45, 2.75) is 38.5 Å². The molecule has 0 aliphatic heterocycles. The Morgan fingerprint density at radius 1 is 0.257 bits per heavy atom. The highest BCUT2D eigenvalue weighted by Gasteiger charge is 2.45. The molecule has 15 rings (SSSR count). The minimum atomic E-state index is -0.351. The van der Waals surface area contributed by atoms with Crippen molar-refractivity contribution in [2.75, 3.05) is 0 Å². The highest BCUT2D eigenvalue weighted by atomic mass is 16.3. The molecule has 350 valence electrons. The van der Waals surface area contributed by atoms with E-state index in [1.54, 1.807) is 0 Å². The van der Waals surface area contributed by atoms with Crippen LogP contribution in [0.4, 0.5) is 0 Å². The van der Waals surface area contributed by atoms with Crippen LogP contribution in [0.2, 0.25) is 0 Å². The van der Waals surface area contributed by atoms with Crippen molar-refractivity contribution in [3.63, 3.8) is 0 Å². The normalized spacial score (nSPS) is 13.9. The summed E-state index contributed by atoms with van der Waals surface area (Å²) in [5, 5.41) is 4.63. The monoisotopic (exact) mass is 946 g/mol. The van der Waals surface area contributed by atoms with Crippen molar-refractivity contribution in [1.82, 2.24) is 0 Å². The predicted molar refractivity (Wildman–Crippen MR) is 309 cm³/mol. The standard InChI is InChI=1S/C72H50O2/c1-71(2)59-41-58-60(42-57(59)65-61(71)39-55(69-67(65)53-29-17-19-31-63(53)73-69)51-35-47(43-21-9-5-10-22-43)33-48(36-51)44-23-11-6-12-24-44)72(3,4)62-40-56(70-68(66(58)62)54-30-18-20-32-64(54)74-70)52-37-49(45-25-13-7-14-26-45)34-50(38-52)46-27-15-8-16-28-46/h5-42H,1-4H3. The molecule has 0 atom stereocenters. The van der Waals surface area contributed by atoms with E-state index in [1.807, 2.05) is 0 Å². The van der Waals surface area contributed by atoms with Crippen LogP contribution in [0.1, 0.15) is 49.9 Å². The number of hydrogen-bond donors (Lipinski definition) is 0. The molecule has 2 nitrogen and oxygen atoms in total. The maximum Gasteiger partial charge on any atom is 0.143 e. The molecule has 0 N–H and O–H groups in total. The van der Waals surface area contributed by atoms with Gasteiger partial charge in [0.1, 0.15) is 22.3 Å². The zero-order valence-corrected chi connectivity index (χ0v) is 41.8. The molecule has 0 saturated carbocycles. The summed E-state index contributed by atoms with van der Waals surface area (Å²) in [6, 6.07) is 84.3. The highest BCUT2D eigenvalue weighted by molar-refractivity contribution is 6.21. The average molecular weight is 947 g/mol. The van der Waals surface area contributed by atoms with Gasteiger partial charge in [-0.1, -0.05) is 185 Å². The third kappa shape index (κ3) is 6.24. The molecule has 0 unspecified atom stereocenters. The zero-order valence-electron chi connectivity index (χ0n) is 41.8. The molecule has 2 heterocycles. The fourth-order valence-corrected chi connectivity index (χ4v) is 12.9. The first-order valence-corrected chi connectivity index (χ1v) is 25.9. The Bertz CT molecular complexity index is 4030. The Morgan fingerprint density at radius 3 is 0.878 bits per heavy atom. The number of benzene rings is 11. The van der Waals surface area contributed by atoms with Crippen LogP contribution in [0, 0.1) is 0 Å². The minimum Gasteiger partial charge on any atom is -0.455 e. The van der Waals surface area contributed by atoms with Gasteiger partial charge in [-0.3, -0.25) is 0 Å². The summed E-state index contributed by atoms with van der Waals surface area (Å²) in [7, 11) is 0. The third-order valence-corrected chi connectivity index (χ3v) is 16.6. The van der Waals surface area contributed by atoms with E-state index in [9.17, 15) is 0 Å². The van der Waals surface area contributed by atoms with Gasteiger partial charge in [-0.15, -0.1) is 0 Å². The Hall–Kier alpha value is -8.98. The average Bonchev–Trinajstić information content (AvgIpc) is 4.15. The molecule has 2 aliphatic rings. The SMILES string of the molecule is CC1(C)c2cc3c(cc2-c2c1cc(-c1cc(-c4ccccc4)cc(-c4ccccc4)c1)c1oc4ccccc4c21)C(C)(C)c1cc(-c2cc(-c4ccccc4)cc(-c4ccccc4)c2)c2oc4ccccc4c2c1-3. The lowest BCUT2D eigenvalue weighted by atomic mass is 9.78. The Morgan fingerprint density at radius 2 is 0.541 bits per heavy atom. The summed E-state index contributed by atoms with van der Waals surface area (Å²) in [5.41, 5.74) is 27.3. The van der Waals surface area contributed by atoms with Crippen molar-refractivity contribution in [3.8, 4) is 89.0 Å². The summed E-state index contributed by atoms with van der Waals surface area (Å²) < 4.78 is 14.2. The first kappa shape index (κ1) is 42.7. The van der Waals surface area contributed by atoms with Crippen LogP contribution in [0.25, 0.3) is 133 Å². The van der Waals surface area contributed by atoms with E-state index < -0.39 is 0 Å². The van der Waals surface area contributed by atoms with E-state index in [0.717, 1.165) is 55.4 Å². The fourth-order valence-electron chi connectivity index (χ4n) is 12.9. The van der Waals surface area contributed by atoms with E-state index in [1.165, 1.54) is 99.8 Å². The molecule has 13 aromatic rings. The van der Waals surface area contributed by atoms with Crippen LogP contribution in [0.3, 0.4) is 0 Å². The summed E-state index contributed by atoms with van der Waals surface area (Å²) in [5.74, 6) is 0. The molecule has 0 bridgehead atoms. The lowest BCUT2D eigenvalue weighted by Crippen LogP contribution is -2.17. The lowest BCUT2D eigenvalue weighted by Gasteiger charge is -2.24. The Labute approximate surface area is 430 Å². The zero-order chi connectivity index (χ0) is 49.5. The number of hydrogen-bond acceptors (Lipinski definition) is 2. The van der Waals surface area contributed by atoms with Crippen LogP contribution in [0.5, 0.6) is 0 Å². The molecule has 0 amide bonds. The number of para-hydroxylation sites is 2. The largest absolute Gasteiger partial charge is 0.455 e. The van der Waals surface area contributed by atoms with Crippen molar-refractivity contribution in [1.29, 1.82) is 0 Å². The van der Waals surface area contributed by atoms with Crippen LogP contribution in [-0.2, 0) is 10.8 Å². The smallest absolute Gasteiger partial charge is 0.143 e. The fraction of sp³-hybridized carbons (Fsp3) is 0.0833. The van der Waals surface area contributed by atoms with E-state index in [2.05, 4.69) is 258 Å². The van der Waals surface area contributed by atoms with E-state index in [4.69, 9.17) is 8.83 Å². The first-order chi connectivity index (χ1) is 36.2. The maximum atomic E-state index is 7.12. The van der Waals surface area contributed by atoms with Crippen LogP contribution >= 0.6 is 0 Å². The van der Waals surface area contributed by atoms with Crippen LogP contribution in [0.15, 0.2) is 239 Å². The van der Waals surface area contributed by atoms with Gasteiger partial charge >= 0.3 is 0 Å². The van der Waals surface area contributed by atoms with Crippen LogP contribution in [-0.4, -0.2) is 0 Å². The molecule has 2 aliphatic carbocycles. The molecule has 2 aromatic heterocycles. The van der Waals surface area contributed by atoms with Gasteiger partial charge in [0.25, 0.3) is 0 Å². The van der Waals surface area contributed by atoms with Crippen molar-refractivity contribution >= 4 is 43.9 Å². The molecule has 0 saturated heterocycles. The summed E-state index contributed by atoms with van der Waals surface area (Å²) in [6.45, 7) is 9.70. The van der Waals surface area contributed by atoms with E-state index >= 15 is 0 Å². The molecular formula is C72H50O2. The third-order valence-electron chi connectivity index (χ3n) is 16.6. The summed E-state index contributed by atoms with van der Waals surface area (Å²) >= 11 is 0. The lowest BCUT2D eigenvalue weighted by molar-refractivity contribution is 0.650. The van der Waals surface area contributed by atoms with Gasteiger partial charge in [-0.25, -0.2) is 0 Å². The Kier molecular flexibility index (Phi) is 9.09. The quantitative estimate of drug-likeness (QED) is 0.166. The second-order valence-electron chi connectivity index (χ2n) is 21.6. The first-order valence-electron chi connectivity index (χ1n) is 25.9. The maximum absolute atomic E-state index is 7.12. The molecule has 0 fully saturated rings. The van der Waals surface area contributed by atoms with Crippen molar-refractivity contribution < 1.29 is 8.83 Å². The van der Waals surface area contributed by atoms with Gasteiger partial charge in [-0.05, 0) is 173 Å². The number of furan rings is 2. The summed E-state index contributed by atoms with van der Waals surface area (Å²) in [6.07, 6.45) is 0. The van der Waals surface area contributed by atoms with E-state index in [0.29, 0.717) is 0 Å². The minimum absolute atomic E-state index is 0.351. The van der Waals surface area contributed by atoms with Gasteiger partial charge in [0.05, 0.1) is 0 Å². The van der Waals surface area contributed by atoms with Gasteiger partial charge in [0, 0.05) is 43.5 Å².